The van der Waals surface area contributed by atoms with Gasteiger partial charge >= 0.3 is 0 Å². The Hall–Kier alpha value is -2.81. The van der Waals surface area contributed by atoms with Crippen molar-refractivity contribution in [1.82, 2.24) is 30.2 Å². The number of rotatable bonds is 4. The average molecular weight is 340 g/mol. The standard InChI is InChI=1S/C16H20N8O/c1-11-9-23(10-12(2)25-11)15-5-3-13(8-18-15)7-17-14-4-6-16-19-21-22-24(16)20-14/h3-6,8,11-12H,7,9-10H2,1-2H3,(H,17,20)/t11-,12-/m1/s1. The predicted molar refractivity (Wildman–Crippen MR) is 92.4 cm³/mol. The second-order valence-corrected chi connectivity index (χ2v) is 6.29. The molecular formula is C16H20N8O. The molecule has 0 aliphatic carbocycles. The molecule has 0 amide bonds. The number of fused-ring (bicyclic) bond motifs is 1. The van der Waals surface area contributed by atoms with E-state index in [0.29, 0.717) is 18.0 Å². The number of nitrogens with zero attached hydrogens (tertiary/aromatic N) is 7. The quantitative estimate of drug-likeness (QED) is 0.756. The summed E-state index contributed by atoms with van der Waals surface area (Å²) in [4.78, 5) is 6.86. The van der Waals surface area contributed by atoms with Crippen LogP contribution >= 0.6 is 0 Å². The second-order valence-electron chi connectivity index (χ2n) is 6.29. The van der Waals surface area contributed by atoms with E-state index < -0.39 is 0 Å². The summed E-state index contributed by atoms with van der Waals surface area (Å²) >= 11 is 0. The smallest absolute Gasteiger partial charge is 0.200 e. The van der Waals surface area contributed by atoms with E-state index in [1.54, 1.807) is 0 Å². The van der Waals surface area contributed by atoms with Crippen molar-refractivity contribution in [3.63, 3.8) is 0 Å². The normalized spacial score (nSPS) is 20.8. The van der Waals surface area contributed by atoms with Crippen LogP contribution in [0.5, 0.6) is 0 Å². The molecule has 0 spiro atoms. The Kier molecular flexibility index (Phi) is 4.14. The zero-order chi connectivity index (χ0) is 17.2. The van der Waals surface area contributed by atoms with Gasteiger partial charge in [0.2, 0.25) is 0 Å². The Bertz CT molecular complexity index is 839. The number of pyridine rings is 1. The van der Waals surface area contributed by atoms with E-state index in [4.69, 9.17) is 4.74 Å². The first-order chi connectivity index (χ1) is 12.2. The average Bonchev–Trinajstić information content (AvgIpc) is 3.07. The lowest BCUT2D eigenvalue weighted by Gasteiger charge is -2.36. The minimum Gasteiger partial charge on any atom is -0.372 e. The molecule has 0 saturated carbocycles. The first-order valence-corrected chi connectivity index (χ1v) is 8.32. The fourth-order valence-electron chi connectivity index (χ4n) is 3.01. The van der Waals surface area contributed by atoms with Crippen molar-refractivity contribution >= 4 is 17.3 Å². The minimum absolute atomic E-state index is 0.221. The molecule has 1 N–H and O–H groups in total. The van der Waals surface area contributed by atoms with Crippen molar-refractivity contribution in [2.75, 3.05) is 23.3 Å². The van der Waals surface area contributed by atoms with Crippen LogP contribution in [0.1, 0.15) is 19.4 Å². The molecule has 0 unspecified atom stereocenters. The Morgan fingerprint density at radius 1 is 1.16 bits per heavy atom. The van der Waals surface area contributed by atoms with Crippen molar-refractivity contribution in [2.45, 2.75) is 32.6 Å². The number of aromatic nitrogens is 6. The van der Waals surface area contributed by atoms with Gasteiger partial charge in [0.05, 0.1) is 12.2 Å². The molecule has 0 bridgehead atoms. The molecule has 1 aliphatic heterocycles. The van der Waals surface area contributed by atoms with Gasteiger partial charge in [-0.3, -0.25) is 0 Å². The Balaban J connectivity index is 1.40. The van der Waals surface area contributed by atoms with Crippen LogP contribution in [0.15, 0.2) is 30.5 Å². The van der Waals surface area contributed by atoms with E-state index in [2.05, 4.69) is 61.8 Å². The summed E-state index contributed by atoms with van der Waals surface area (Å²) in [6.45, 7) is 6.55. The van der Waals surface area contributed by atoms with Gasteiger partial charge in [0.25, 0.3) is 0 Å². The SMILES string of the molecule is C[C@@H]1CN(c2ccc(CNc3ccc4nnnn4n3)cn2)C[C@@H](C)O1. The molecule has 2 atom stereocenters. The molecular weight excluding hydrogens is 320 g/mol. The topological polar surface area (TPSA) is 93.4 Å². The fraction of sp³-hybridized carbons (Fsp3) is 0.438. The van der Waals surface area contributed by atoms with Crippen LogP contribution in [0.4, 0.5) is 11.6 Å². The number of anilines is 2. The molecule has 1 aliphatic rings. The second kappa shape index (κ2) is 6.60. The highest BCUT2D eigenvalue weighted by Crippen LogP contribution is 2.18. The largest absolute Gasteiger partial charge is 0.372 e. The highest BCUT2D eigenvalue weighted by Gasteiger charge is 2.22. The summed E-state index contributed by atoms with van der Waals surface area (Å²) in [5.41, 5.74) is 1.70. The highest BCUT2D eigenvalue weighted by molar-refractivity contribution is 5.44. The van der Waals surface area contributed by atoms with Gasteiger partial charge in [0, 0.05) is 25.8 Å². The molecule has 4 heterocycles. The van der Waals surface area contributed by atoms with Crippen molar-refractivity contribution in [3.8, 4) is 0 Å². The maximum Gasteiger partial charge on any atom is 0.200 e. The molecule has 130 valence electrons. The monoisotopic (exact) mass is 340 g/mol. The molecule has 25 heavy (non-hydrogen) atoms. The van der Waals surface area contributed by atoms with Crippen LogP contribution in [0.2, 0.25) is 0 Å². The van der Waals surface area contributed by atoms with E-state index in [1.807, 2.05) is 18.3 Å². The third kappa shape index (κ3) is 3.50. The summed E-state index contributed by atoms with van der Waals surface area (Å²) in [7, 11) is 0. The van der Waals surface area contributed by atoms with Crippen molar-refractivity contribution in [3.05, 3.63) is 36.0 Å². The number of hydrogen-bond acceptors (Lipinski definition) is 8. The molecule has 3 aromatic heterocycles. The van der Waals surface area contributed by atoms with Crippen LogP contribution in [0.3, 0.4) is 0 Å². The van der Waals surface area contributed by atoms with Crippen molar-refractivity contribution in [1.29, 1.82) is 0 Å². The lowest BCUT2D eigenvalue weighted by atomic mass is 10.2. The summed E-state index contributed by atoms with van der Waals surface area (Å²) in [6.07, 6.45) is 2.33. The van der Waals surface area contributed by atoms with Gasteiger partial charge in [0.1, 0.15) is 11.6 Å². The van der Waals surface area contributed by atoms with Crippen molar-refractivity contribution in [2.24, 2.45) is 0 Å². The summed E-state index contributed by atoms with van der Waals surface area (Å²) < 4.78 is 7.16. The summed E-state index contributed by atoms with van der Waals surface area (Å²) in [5.74, 6) is 1.69. The van der Waals surface area contributed by atoms with E-state index in [1.165, 1.54) is 4.63 Å². The molecule has 3 aromatic rings. The minimum atomic E-state index is 0.221. The van der Waals surface area contributed by atoms with Gasteiger partial charge in [-0.25, -0.2) is 4.98 Å². The molecule has 1 saturated heterocycles. The maximum absolute atomic E-state index is 5.77. The number of morpholine rings is 1. The van der Waals surface area contributed by atoms with E-state index in [0.717, 1.165) is 24.5 Å². The number of ether oxygens (including phenoxy) is 1. The Morgan fingerprint density at radius 2 is 2.00 bits per heavy atom. The first-order valence-electron chi connectivity index (χ1n) is 8.32. The molecule has 1 fully saturated rings. The van der Waals surface area contributed by atoms with Gasteiger partial charge < -0.3 is 15.0 Å². The van der Waals surface area contributed by atoms with Crippen LogP contribution < -0.4 is 10.2 Å². The molecule has 9 nitrogen and oxygen atoms in total. The Labute approximate surface area is 145 Å². The third-order valence-corrected chi connectivity index (χ3v) is 4.10. The third-order valence-electron chi connectivity index (χ3n) is 4.10. The van der Waals surface area contributed by atoms with Crippen LogP contribution in [0, 0.1) is 0 Å². The highest BCUT2D eigenvalue weighted by atomic mass is 16.5. The van der Waals surface area contributed by atoms with E-state index in [9.17, 15) is 0 Å². The molecule has 0 radical (unpaired) electrons. The van der Waals surface area contributed by atoms with Crippen LogP contribution in [-0.2, 0) is 11.3 Å². The summed E-state index contributed by atoms with van der Waals surface area (Å²) in [6, 6.07) is 7.80. The Morgan fingerprint density at radius 3 is 2.76 bits per heavy atom. The maximum atomic E-state index is 5.77. The summed E-state index contributed by atoms with van der Waals surface area (Å²) in [5, 5.41) is 18.7. The van der Waals surface area contributed by atoms with Gasteiger partial charge in [-0.05, 0) is 48.0 Å². The van der Waals surface area contributed by atoms with Crippen molar-refractivity contribution < 1.29 is 4.74 Å². The molecule has 4 rings (SSSR count). The van der Waals surface area contributed by atoms with Crippen LogP contribution in [0.25, 0.3) is 5.65 Å². The van der Waals surface area contributed by atoms with Gasteiger partial charge in [-0.15, -0.1) is 14.8 Å². The van der Waals surface area contributed by atoms with Crippen LogP contribution in [-0.4, -0.2) is 55.5 Å². The molecule has 9 heteroatoms. The van der Waals surface area contributed by atoms with Gasteiger partial charge in [-0.2, -0.15) is 0 Å². The lowest BCUT2D eigenvalue weighted by molar-refractivity contribution is -0.00545. The zero-order valence-corrected chi connectivity index (χ0v) is 14.2. The number of nitrogens with one attached hydrogen (secondary N) is 1. The zero-order valence-electron chi connectivity index (χ0n) is 14.2. The van der Waals surface area contributed by atoms with E-state index in [-0.39, 0.29) is 12.2 Å². The lowest BCUT2D eigenvalue weighted by Crippen LogP contribution is -2.45. The predicted octanol–water partition coefficient (Wildman–Crippen LogP) is 1.14. The first kappa shape index (κ1) is 15.7. The van der Waals surface area contributed by atoms with Gasteiger partial charge in [0.15, 0.2) is 5.65 Å². The molecule has 0 aromatic carbocycles. The number of hydrogen-bond donors (Lipinski definition) is 1. The fourth-order valence-corrected chi connectivity index (χ4v) is 3.01. The van der Waals surface area contributed by atoms with E-state index >= 15 is 0 Å². The number of tetrazole rings is 1. The van der Waals surface area contributed by atoms with Gasteiger partial charge in [-0.1, -0.05) is 6.07 Å².